The predicted octanol–water partition coefficient (Wildman–Crippen LogP) is 4.63. The van der Waals surface area contributed by atoms with Crippen LogP contribution in [-0.2, 0) is 11.3 Å². The maximum atomic E-state index is 12.1. The second kappa shape index (κ2) is 10.3. The van der Waals surface area contributed by atoms with Crippen LogP contribution in [0.1, 0.15) is 66.1 Å². The number of morpholine rings is 1. The molecule has 2 bridgehead atoms. The summed E-state index contributed by atoms with van der Waals surface area (Å²) in [4.78, 5) is 19.3. The zero-order valence-electron chi connectivity index (χ0n) is 22.6. The molecule has 0 radical (unpaired) electrons. The number of primary amides is 1. The second-order valence-corrected chi connectivity index (χ2v) is 11.5. The van der Waals surface area contributed by atoms with Gasteiger partial charge >= 0.3 is 0 Å². The first kappa shape index (κ1) is 25.2. The number of nitrogens with two attached hydrogens (primary N) is 1. The van der Waals surface area contributed by atoms with E-state index in [2.05, 4.69) is 35.2 Å². The van der Waals surface area contributed by atoms with Gasteiger partial charge in [-0.15, -0.1) is 0 Å². The maximum Gasteiger partial charge on any atom is 0.248 e. The Morgan fingerprint density at radius 2 is 1.77 bits per heavy atom. The first-order chi connectivity index (χ1) is 19.5. The average Bonchev–Trinajstić information content (AvgIpc) is 3.62. The number of carbonyl (C=O) groups excluding carboxylic acids is 1. The molecular weight excluding hydrogens is 502 g/mol. The summed E-state index contributed by atoms with van der Waals surface area (Å²) in [6.07, 6.45) is 8.00. The Hall–Kier alpha value is -3.75. The number of hydrogen-bond acceptors (Lipinski definition) is 6. The van der Waals surface area contributed by atoms with Crippen LogP contribution in [0.15, 0.2) is 60.8 Å². The summed E-state index contributed by atoms with van der Waals surface area (Å²) in [5.74, 6) is 0.102. The number of nitrogens with zero attached hydrogens (tertiary/aromatic N) is 4. The normalized spacial score (nSPS) is 23.1. The summed E-state index contributed by atoms with van der Waals surface area (Å²) in [5.41, 5.74) is 12.4. The van der Waals surface area contributed by atoms with Crippen molar-refractivity contribution >= 4 is 22.5 Å². The van der Waals surface area contributed by atoms with Crippen molar-refractivity contribution in [2.24, 2.45) is 5.73 Å². The molecular formula is C32H35N5O3. The van der Waals surface area contributed by atoms with Gasteiger partial charge in [-0.2, -0.15) is 5.10 Å². The highest BCUT2D eigenvalue weighted by atomic mass is 16.5. The molecule has 206 valence electrons. The predicted molar refractivity (Wildman–Crippen MR) is 154 cm³/mol. The van der Waals surface area contributed by atoms with Crippen LogP contribution in [-0.4, -0.2) is 57.2 Å². The van der Waals surface area contributed by atoms with Gasteiger partial charge in [0.15, 0.2) is 0 Å². The van der Waals surface area contributed by atoms with Crippen molar-refractivity contribution in [2.45, 2.75) is 69.2 Å². The van der Waals surface area contributed by atoms with Crippen LogP contribution in [0.25, 0.3) is 22.2 Å². The van der Waals surface area contributed by atoms with E-state index in [0.717, 1.165) is 46.4 Å². The lowest BCUT2D eigenvalue weighted by Crippen LogP contribution is -2.58. The van der Waals surface area contributed by atoms with E-state index in [4.69, 9.17) is 20.6 Å². The molecule has 40 heavy (non-hydrogen) atoms. The van der Waals surface area contributed by atoms with E-state index in [1.54, 1.807) is 6.07 Å². The van der Waals surface area contributed by atoms with Crippen molar-refractivity contribution in [1.82, 2.24) is 14.8 Å². The van der Waals surface area contributed by atoms with Crippen LogP contribution in [0.2, 0.25) is 0 Å². The number of ether oxygens (including phenoxy) is 1. The number of hydrogen-bond donors (Lipinski definition) is 2. The van der Waals surface area contributed by atoms with Gasteiger partial charge in [0.1, 0.15) is 5.69 Å². The van der Waals surface area contributed by atoms with Crippen LogP contribution in [0.5, 0.6) is 0 Å². The first-order valence-electron chi connectivity index (χ1n) is 14.4. The molecule has 0 spiro atoms. The van der Waals surface area contributed by atoms with Gasteiger partial charge in [-0.1, -0.05) is 31.0 Å². The van der Waals surface area contributed by atoms with E-state index in [1.165, 1.54) is 31.2 Å². The third-order valence-corrected chi connectivity index (χ3v) is 8.99. The lowest BCUT2D eigenvalue weighted by atomic mass is 9.91. The number of benzene rings is 2. The molecule has 2 atom stereocenters. The van der Waals surface area contributed by atoms with Gasteiger partial charge < -0.3 is 20.5 Å². The first-order valence-corrected chi connectivity index (χ1v) is 14.4. The summed E-state index contributed by atoms with van der Waals surface area (Å²) in [6.45, 7) is 1.84. The number of pyridine rings is 1. The third-order valence-electron chi connectivity index (χ3n) is 8.99. The summed E-state index contributed by atoms with van der Waals surface area (Å²) >= 11 is 0. The summed E-state index contributed by atoms with van der Waals surface area (Å²) in [7, 11) is 0. The highest BCUT2D eigenvalue weighted by molar-refractivity contribution is 6.01. The molecule has 1 saturated carbocycles. The van der Waals surface area contributed by atoms with E-state index in [1.807, 2.05) is 29.1 Å². The number of piperidine rings is 1. The molecule has 4 aromatic rings. The summed E-state index contributed by atoms with van der Waals surface area (Å²) in [6, 6.07) is 18.7. The minimum atomic E-state index is -0.453. The molecule has 2 aliphatic heterocycles. The topological polar surface area (TPSA) is 107 Å². The standard InChI is InChI=1S/C32H35N5O3/c33-32(39)22-9-12-30-28(14-22)31(35-36(30)17-29-27(6-3-13-34-29)20-4-1-2-5-20)21-7-10-23(11-8-21)37-24-15-26(38)16-25(37)19-40-18-24/h3,6-14,20,24-26,38H,1-2,4-5,15-19H2,(H2,33,39). The van der Waals surface area contributed by atoms with Crippen LogP contribution >= 0.6 is 0 Å². The number of aliphatic hydroxyl groups excluding tert-OH is 1. The molecule has 4 heterocycles. The monoisotopic (exact) mass is 537 g/mol. The summed E-state index contributed by atoms with van der Waals surface area (Å²) < 4.78 is 7.80. The molecule has 2 aromatic heterocycles. The Kier molecular flexibility index (Phi) is 6.52. The highest BCUT2D eigenvalue weighted by Gasteiger charge is 2.38. The molecule has 3 aliphatic rings. The smallest absolute Gasteiger partial charge is 0.248 e. The van der Waals surface area contributed by atoms with Crippen molar-refractivity contribution in [3.63, 3.8) is 0 Å². The number of carbonyl (C=O) groups is 1. The minimum absolute atomic E-state index is 0.180. The van der Waals surface area contributed by atoms with Crippen LogP contribution in [0.4, 0.5) is 5.69 Å². The maximum absolute atomic E-state index is 12.1. The quantitative estimate of drug-likeness (QED) is 0.371. The van der Waals surface area contributed by atoms with Crippen molar-refractivity contribution in [2.75, 3.05) is 18.1 Å². The van der Waals surface area contributed by atoms with Crippen LogP contribution in [0, 0.1) is 0 Å². The molecule has 2 saturated heterocycles. The number of rotatable bonds is 6. The minimum Gasteiger partial charge on any atom is -0.393 e. The molecule has 1 aliphatic carbocycles. The number of aliphatic hydroxyl groups is 1. The van der Waals surface area contributed by atoms with Gasteiger partial charge in [-0.3, -0.25) is 14.5 Å². The SMILES string of the molecule is NC(=O)c1ccc2c(c1)c(-c1ccc(N3C4COCC3CC(O)C4)cc1)nn2Cc1ncccc1C1CCCC1. The van der Waals surface area contributed by atoms with Crippen molar-refractivity contribution in [1.29, 1.82) is 0 Å². The fourth-order valence-electron chi connectivity index (χ4n) is 7.10. The van der Waals surface area contributed by atoms with E-state index in [9.17, 15) is 9.90 Å². The number of anilines is 1. The molecule has 7 rings (SSSR count). The number of aromatic nitrogens is 3. The molecule has 8 nitrogen and oxygen atoms in total. The Morgan fingerprint density at radius 3 is 2.50 bits per heavy atom. The van der Waals surface area contributed by atoms with Crippen LogP contribution < -0.4 is 10.6 Å². The molecule has 2 unspecified atom stereocenters. The Bertz CT molecular complexity index is 1530. The molecule has 3 N–H and O–H groups in total. The third kappa shape index (κ3) is 4.55. The van der Waals surface area contributed by atoms with E-state index in [-0.39, 0.29) is 18.2 Å². The molecule has 8 heteroatoms. The lowest BCUT2D eigenvalue weighted by Gasteiger charge is -2.48. The van der Waals surface area contributed by atoms with E-state index >= 15 is 0 Å². The van der Waals surface area contributed by atoms with Crippen molar-refractivity contribution < 1.29 is 14.6 Å². The van der Waals surface area contributed by atoms with E-state index in [0.29, 0.717) is 31.2 Å². The van der Waals surface area contributed by atoms with Crippen molar-refractivity contribution in [3.05, 3.63) is 77.6 Å². The molecule has 2 aromatic carbocycles. The largest absolute Gasteiger partial charge is 0.393 e. The fourth-order valence-corrected chi connectivity index (χ4v) is 7.10. The highest BCUT2D eigenvalue weighted by Crippen LogP contribution is 2.37. The summed E-state index contributed by atoms with van der Waals surface area (Å²) in [5, 5.41) is 16.3. The van der Waals surface area contributed by atoms with Crippen molar-refractivity contribution in [3.8, 4) is 11.3 Å². The zero-order valence-corrected chi connectivity index (χ0v) is 22.6. The molecule has 1 amide bonds. The van der Waals surface area contributed by atoms with Gasteiger partial charge in [-0.05, 0) is 73.6 Å². The van der Waals surface area contributed by atoms with Gasteiger partial charge in [0.25, 0.3) is 0 Å². The fraction of sp³-hybridized carbons (Fsp3) is 0.406. The van der Waals surface area contributed by atoms with Gasteiger partial charge in [-0.25, -0.2) is 0 Å². The second-order valence-electron chi connectivity index (χ2n) is 11.5. The van der Waals surface area contributed by atoms with Gasteiger partial charge in [0.05, 0.1) is 49.2 Å². The zero-order chi connectivity index (χ0) is 27.2. The Labute approximate surface area is 233 Å². The number of amides is 1. The average molecular weight is 538 g/mol. The number of fused-ring (bicyclic) bond motifs is 3. The van der Waals surface area contributed by atoms with Crippen LogP contribution in [0.3, 0.4) is 0 Å². The Morgan fingerprint density at radius 1 is 1.02 bits per heavy atom. The Balaban J connectivity index is 1.26. The lowest BCUT2D eigenvalue weighted by molar-refractivity contribution is 0.00124. The van der Waals surface area contributed by atoms with Gasteiger partial charge in [0, 0.05) is 28.4 Å². The van der Waals surface area contributed by atoms with Gasteiger partial charge in [0.2, 0.25) is 5.91 Å². The molecule has 3 fully saturated rings. The van der Waals surface area contributed by atoms with E-state index < -0.39 is 5.91 Å².